The van der Waals surface area contributed by atoms with Gasteiger partial charge in [-0.2, -0.15) is 0 Å². The zero-order chi connectivity index (χ0) is 28.0. The van der Waals surface area contributed by atoms with Crippen molar-refractivity contribution in [1.82, 2.24) is 4.98 Å². The second kappa shape index (κ2) is 9.99. The number of carbonyl (C=O) groups excluding carboxylic acids is 1. The molecule has 0 aliphatic heterocycles. The number of hydrogen-bond donors (Lipinski definition) is 3. The lowest BCUT2D eigenvalue weighted by molar-refractivity contribution is -0.204. The van der Waals surface area contributed by atoms with Crippen LogP contribution >= 0.6 is 0 Å². The minimum Gasteiger partial charge on any atom is -0.387 e. The Morgan fingerprint density at radius 2 is 1.70 bits per heavy atom. The van der Waals surface area contributed by atoms with E-state index in [1.807, 2.05) is 67.6 Å². The standard InChI is InChI=1S/C35H36N2O3/c1-24-31(14-9-19-36-24)37-32(38)27-16-18-30-26(20-27)15-17-29-22-35(40,28-12-7-4-8-13-28)33(2,39)23-34(29,30)21-25-10-5-3-6-11-25/h3-14,16,18-20,29,39-40H,15,17,21-23H2,1-2H3,(H,37,38). The fraction of sp³-hybridized carbons (Fsp3) is 0.314. The molecule has 3 aromatic carbocycles. The summed E-state index contributed by atoms with van der Waals surface area (Å²) in [6.45, 7) is 3.66. The molecule has 6 rings (SSSR count). The van der Waals surface area contributed by atoms with Crippen LogP contribution in [-0.2, 0) is 23.9 Å². The number of amides is 1. The molecule has 2 aliphatic rings. The van der Waals surface area contributed by atoms with Gasteiger partial charge in [-0.25, -0.2) is 0 Å². The largest absolute Gasteiger partial charge is 0.387 e. The van der Waals surface area contributed by atoms with Crippen LogP contribution in [0.2, 0.25) is 0 Å². The summed E-state index contributed by atoms with van der Waals surface area (Å²) in [6, 6.07) is 29.7. The topological polar surface area (TPSA) is 82.5 Å². The van der Waals surface area contributed by atoms with Crippen molar-refractivity contribution in [3.05, 3.63) is 131 Å². The second-order valence-electron chi connectivity index (χ2n) is 11.9. The summed E-state index contributed by atoms with van der Waals surface area (Å²) in [5.41, 5.74) is 3.28. The molecule has 204 valence electrons. The van der Waals surface area contributed by atoms with Crippen LogP contribution in [0, 0.1) is 12.8 Å². The lowest BCUT2D eigenvalue weighted by atomic mass is 9.48. The maximum absolute atomic E-state index is 13.2. The molecule has 3 N–H and O–H groups in total. The predicted octanol–water partition coefficient (Wildman–Crippen LogP) is 6.12. The number of carbonyl (C=O) groups is 1. The first-order chi connectivity index (χ1) is 19.2. The molecule has 5 nitrogen and oxygen atoms in total. The molecular weight excluding hydrogens is 496 g/mol. The highest BCUT2D eigenvalue weighted by Gasteiger charge is 2.61. The molecule has 40 heavy (non-hydrogen) atoms. The first kappa shape index (κ1) is 26.4. The third-order valence-electron chi connectivity index (χ3n) is 9.41. The van der Waals surface area contributed by atoms with Gasteiger partial charge in [0.05, 0.1) is 17.0 Å². The zero-order valence-electron chi connectivity index (χ0n) is 23.1. The Hall–Kier alpha value is -3.80. The number of aliphatic hydroxyl groups is 2. The summed E-state index contributed by atoms with van der Waals surface area (Å²) < 4.78 is 0. The summed E-state index contributed by atoms with van der Waals surface area (Å²) in [4.78, 5) is 17.5. The Morgan fingerprint density at radius 3 is 2.42 bits per heavy atom. The number of pyridine rings is 1. The highest BCUT2D eigenvalue weighted by Crippen LogP contribution is 2.59. The van der Waals surface area contributed by atoms with Gasteiger partial charge in [-0.3, -0.25) is 9.78 Å². The van der Waals surface area contributed by atoms with Crippen molar-refractivity contribution in [2.45, 2.75) is 62.6 Å². The van der Waals surface area contributed by atoms with Gasteiger partial charge in [-0.1, -0.05) is 66.7 Å². The fourth-order valence-electron chi connectivity index (χ4n) is 7.34. The van der Waals surface area contributed by atoms with E-state index in [0.717, 1.165) is 36.1 Å². The van der Waals surface area contributed by atoms with Gasteiger partial charge < -0.3 is 15.5 Å². The van der Waals surface area contributed by atoms with Gasteiger partial charge in [-0.15, -0.1) is 0 Å². The first-order valence-corrected chi connectivity index (χ1v) is 14.1. The summed E-state index contributed by atoms with van der Waals surface area (Å²) in [6.07, 6.45) is 5.04. The maximum atomic E-state index is 13.2. The second-order valence-corrected chi connectivity index (χ2v) is 11.9. The lowest BCUT2D eigenvalue weighted by Gasteiger charge is -2.59. The van der Waals surface area contributed by atoms with Crippen molar-refractivity contribution >= 4 is 11.6 Å². The number of fused-ring (bicyclic) bond motifs is 3. The Balaban J connectivity index is 1.41. The maximum Gasteiger partial charge on any atom is 0.255 e. The molecule has 4 aromatic rings. The van der Waals surface area contributed by atoms with Crippen LogP contribution in [0.15, 0.2) is 97.2 Å². The molecule has 1 amide bonds. The molecule has 1 fully saturated rings. The molecule has 4 atom stereocenters. The molecule has 5 heteroatoms. The summed E-state index contributed by atoms with van der Waals surface area (Å²) in [7, 11) is 0. The van der Waals surface area contributed by atoms with E-state index in [1.54, 1.807) is 13.1 Å². The quantitative estimate of drug-likeness (QED) is 0.289. The zero-order valence-corrected chi connectivity index (χ0v) is 23.1. The Morgan fingerprint density at radius 1 is 0.975 bits per heavy atom. The van der Waals surface area contributed by atoms with E-state index >= 15 is 0 Å². The fourth-order valence-corrected chi connectivity index (χ4v) is 7.34. The number of anilines is 1. The SMILES string of the molecule is Cc1ncccc1NC(=O)c1ccc2c(c1)CCC1CC(O)(c3ccccc3)C(C)(O)CC21Cc1ccccc1. The van der Waals surface area contributed by atoms with Gasteiger partial charge in [0.2, 0.25) is 0 Å². The number of benzene rings is 3. The van der Waals surface area contributed by atoms with Crippen LogP contribution in [0.25, 0.3) is 0 Å². The number of hydrogen-bond acceptors (Lipinski definition) is 4. The molecule has 0 saturated heterocycles. The number of nitrogens with zero attached hydrogens (tertiary/aromatic N) is 1. The Labute approximate surface area is 235 Å². The number of rotatable bonds is 5. The van der Waals surface area contributed by atoms with Crippen LogP contribution in [-0.4, -0.2) is 26.7 Å². The monoisotopic (exact) mass is 532 g/mol. The molecule has 1 aromatic heterocycles. The predicted molar refractivity (Wildman–Crippen MR) is 157 cm³/mol. The van der Waals surface area contributed by atoms with E-state index in [1.165, 1.54) is 11.1 Å². The first-order valence-electron chi connectivity index (χ1n) is 14.1. The van der Waals surface area contributed by atoms with E-state index in [2.05, 4.69) is 40.6 Å². The summed E-state index contributed by atoms with van der Waals surface area (Å²) >= 11 is 0. The minimum absolute atomic E-state index is 0.156. The highest BCUT2D eigenvalue weighted by molar-refractivity contribution is 6.04. The van der Waals surface area contributed by atoms with Crippen molar-refractivity contribution in [3.63, 3.8) is 0 Å². The third-order valence-corrected chi connectivity index (χ3v) is 9.41. The Bertz CT molecular complexity index is 1540. The number of aryl methyl sites for hydroxylation is 2. The van der Waals surface area contributed by atoms with Gasteiger partial charge in [-0.05, 0) is 98.4 Å². The van der Waals surface area contributed by atoms with Gasteiger partial charge >= 0.3 is 0 Å². The average molecular weight is 533 g/mol. The molecule has 0 spiro atoms. The molecule has 0 radical (unpaired) electrons. The van der Waals surface area contributed by atoms with E-state index in [9.17, 15) is 15.0 Å². The van der Waals surface area contributed by atoms with Crippen molar-refractivity contribution in [1.29, 1.82) is 0 Å². The van der Waals surface area contributed by atoms with Crippen LogP contribution in [0.3, 0.4) is 0 Å². The molecular formula is C35H36N2O3. The smallest absolute Gasteiger partial charge is 0.255 e. The highest BCUT2D eigenvalue weighted by atomic mass is 16.4. The van der Waals surface area contributed by atoms with Gasteiger partial charge in [0.15, 0.2) is 0 Å². The minimum atomic E-state index is -1.36. The number of aromatic nitrogens is 1. The molecule has 2 aliphatic carbocycles. The van der Waals surface area contributed by atoms with E-state index in [-0.39, 0.29) is 17.2 Å². The average Bonchev–Trinajstić information content (AvgIpc) is 2.96. The third kappa shape index (κ3) is 4.43. The van der Waals surface area contributed by atoms with E-state index < -0.39 is 11.2 Å². The van der Waals surface area contributed by atoms with Gasteiger partial charge in [0.25, 0.3) is 5.91 Å². The Kier molecular flexibility index (Phi) is 6.60. The molecule has 1 saturated carbocycles. The molecule has 1 heterocycles. The van der Waals surface area contributed by atoms with Crippen LogP contribution in [0.1, 0.15) is 64.5 Å². The lowest BCUT2D eigenvalue weighted by Crippen LogP contribution is -2.62. The van der Waals surface area contributed by atoms with Crippen molar-refractivity contribution in [2.24, 2.45) is 5.92 Å². The summed E-state index contributed by atoms with van der Waals surface area (Å²) in [5.74, 6) is -0.00409. The summed E-state index contributed by atoms with van der Waals surface area (Å²) in [5, 5.41) is 27.2. The van der Waals surface area contributed by atoms with Gasteiger partial charge in [0, 0.05) is 17.2 Å². The number of nitrogens with one attached hydrogen (secondary N) is 1. The normalized spacial score (nSPS) is 27.4. The van der Waals surface area contributed by atoms with Crippen molar-refractivity contribution < 1.29 is 15.0 Å². The van der Waals surface area contributed by atoms with Gasteiger partial charge in [0.1, 0.15) is 5.60 Å². The van der Waals surface area contributed by atoms with E-state index in [0.29, 0.717) is 24.1 Å². The van der Waals surface area contributed by atoms with Crippen LogP contribution < -0.4 is 5.32 Å². The van der Waals surface area contributed by atoms with Crippen molar-refractivity contribution in [3.8, 4) is 0 Å². The van der Waals surface area contributed by atoms with Crippen molar-refractivity contribution in [2.75, 3.05) is 5.32 Å². The van der Waals surface area contributed by atoms with E-state index in [4.69, 9.17) is 0 Å². The molecule has 0 bridgehead atoms. The van der Waals surface area contributed by atoms with Crippen LogP contribution in [0.4, 0.5) is 5.69 Å². The molecule has 4 unspecified atom stereocenters. The van der Waals surface area contributed by atoms with Crippen LogP contribution in [0.5, 0.6) is 0 Å².